The van der Waals surface area contributed by atoms with Gasteiger partial charge in [0.2, 0.25) is 5.91 Å². The van der Waals surface area contributed by atoms with Gasteiger partial charge in [-0.1, -0.05) is 6.42 Å². The standard InChI is InChI=1S/C9H19N3O3/c1-12(6-8(13)14)9(15)7(11)4-2-3-5-10/h7H,2-6,10-11H2,1H3,(H,13,14)/t7-/m1/s1. The lowest BCUT2D eigenvalue weighted by molar-refractivity contribution is -0.144. The fourth-order valence-corrected chi connectivity index (χ4v) is 1.20. The molecule has 0 aromatic rings. The number of likely N-dealkylation sites (N-methyl/N-ethyl adjacent to an activating group) is 1. The molecule has 15 heavy (non-hydrogen) atoms. The Bertz CT molecular complexity index is 221. The molecule has 0 bridgehead atoms. The van der Waals surface area contributed by atoms with Gasteiger partial charge >= 0.3 is 5.97 Å². The molecule has 0 aliphatic heterocycles. The molecule has 6 heteroatoms. The second-order valence-electron chi connectivity index (χ2n) is 3.48. The van der Waals surface area contributed by atoms with Gasteiger partial charge in [-0.2, -0.15) is 0 Å². The number of carbonyl (C=O) groups is 2. The smallest absolute Gasteiger partial charge is 0.323 e. The highest BCUT2D eigenvalue weighted by Gasteiger charge is 2.18. The molecule has 0 rings (SSSR count). The maximum atomic E-state index is 11.5. The number of rotatable bonds is 7. The van der Waals surface area contributed by atoms with Crippen molar-refractivity contribution < 1.29 is 14.7 Å². The molecule has 0 aromatic heterocycles. The van der Waals surface area contributed by atoms with E-state index in [0.717, 1.165) is 17.7 Å². The minimum absolute atomic E-state index is 0.316. The van der Waals surface area contributed by atoms with Crippen LogP contribution in [0.4, 0.5) is 0 Å². The molecule has 0 aliphatic carbocycles. The van der Waals surface area contributed by atoms with Crippen LogP contribution < -0.4 is 11.5 Å². The predicted molar refractivity (Wildman–Crippen MR) is 56.2 cm³/mol. The maximum Gasteiger partial charge on any atom is 0.323 e. The minimum atomic E-state index is -1.04. The van der Waals surface area contributed by atoms with Crippen LogP contribution in [0.2, 0.25) is 0 Å². The van der Waals surface area contributed by atoms with Crippen molar-refractivity contribution in [1.29, 1.82) is 0 Å². The van der Waals surface area contributed by atoms with Gasteiger partial charge in [0, 0.05) is 7.05 Å². The van der Waals surface area contributed by atoms with Crippen LogP contribution >= 0.6 is 0 Å². The third-order valence-electron chi connectivity index (χ3n) is 2.04. The summed E-state index contributed by atoms with van der Waals surface area (Å²) in [6.07, 6.45) is 2.15. The SMILES string of the molecule is CN(CC(=O)O)C(=O)[C@H](N)CCCCN. The lowest BCUT2D eigenvalue weighted by Crippen LogP contribution is -2.43. The summed E-state index contributed by atoms with van der Waals surface area (Å²) in [6.45, 7) is 0.259. The molecule has 0 fully saturated rings. The molecular weight excluding hydrogens is 198 g/mol. The highest BCUT2D eigenvalue weighted by Crippen LogP contribution is 2.01. The number of unbranched alkanes of at least 4 members (excludes halogenated alkanes) is 1. The molecular formula is C9H19N3O3. The molecule has 0 heterocycles. The zero-order valence-corrected chi connectivity index (χ0v) is 8.98. The minimum Gasteiger partial charge on any atom is -0.480 e. The summed E-state index contributed by atoms with van der Waals surface area (Å²) in [5.41, 5.74) is 10.9. The maximum absolute atomic E-state index is 11.5. The van der Waals surface area contributed by atoms with Crippen LogP contribution in [0, 0.1) is 0 Å². The predicted octanol–water partition coefficient (Wildman–Crippen LogP) is -1.01. The molecule has 0 unspecified atom stereocenters. The summed E-state index contributed by atoms with van der Waals surface area (Å²) in [4.78, 5) is 22.9. The first-order chi connectivity index (χ1) is 6.99. The number of amides is 1. The van der Waals surface area contributed by atoms with E-state index in [2.05, 4.69) is 0 Å². The van der Waals surface area contributed by atoms with Crippen LogP contribution in [0.3, 0.4) is 0 Å². The van der Waals surface area contributed by atoms with E-state index < -0.39 is 12.0 Å². The van der Waals surface area contributed by atoms with E-state index in [1.165, 1.54) is 7.05 Å². The number of carboxylic acid groups (broad SMARTS) is 1. The number of carbonyl (C=O) groups excluding carboxylic acids is 1. The molecule has 0 saturated heterocycles. The van der Waals surface area contributed by atoms with Gasteiger partial charge in [0.05, 0.1) is 6.04 Å². The largest absolute Gasteiger partial charge is 0.480 e. The molecule has 88 valence electrons. The first-order valence-corrected chi connectivity index (χ1v) is 4.91. The average Bonchev–Trinajstić information content (AvgIpc) is 2.15. The highest BCUT2D eigenvalue weighted by atomic mass is 16.4. The molecule has 0 radical (unpaired) electrons. The molecule has 0 spiro atoms. The monoisotopic (exact) mass is 217 g/mol. The summed E-state index contributed by atoms with van der Waals surface area (Å²) in [7, 11) is 1.43. The van der Waals surface area contributed by atoms with Gasteiger partial charge in [-0.15, -0.1) is 0 Å². The number of nitrogens with two attached hydrogens (primary N) is 2. The lowest BCUT2D eigenvalue weighted by Gasteiger charge is -2.19. The zero-order valence-electron chi connectivity index (χ0n) is 8.98. The molecule has 5 N–H and O–H groups in total. The quantitative estimate of drug-likeness (QED) is 0.473. The normalized spacial score (nSPS) is 12.2. The summed E-state index contributed by atoms with van der Waals surface area (Å²) < 4.78 is 0. The third-order valence-corrected chi connectivity index (χ3v) is 2.04. The van der Waals surface area contributed by atoms with Crippen molar-refractivity contribution in [3.05, 3.63) is 0 Å². The second-order valence-corrected chi connectivity index (χ2v) is 3.48. The number of aliphatic carboxylic acids is 1. The van der Waals surface area contributed by atoms with E-state index in [4.69, 9.17) is 16.6 Å². The van der Waals surface area contributed by atoms with Gasteiger partial charge in [0.15, 0.2) is 0 Å². The lowest BCUT2D eigenvalue weighted by atomic mass is 10.1. The van der Waals surface area contributed by atoms with Crippen LogP contribution in [-0.4, -0.2) is 48.1 Å². The molecule has 1 atom stereocenters. The topological polar surface area (TPSA) is 110 Å². The Hall–Kier alpha value is -1.14. The molecule has 1 amide bonds. The summed E-state index contributed by atoms with van der Waals surface area (Å²) in [5.74, 6) is -1.38. The first kappa shape index (κ1) is 13.9. The van der Waals surface area contributed by atoms with Crippen molar-refractivity contribution in [3.8, 4) is 0 Å². The van der Waals surface area contributed by atoms with Crippen molar-refractivity contribution in [1.82, 2.24) is 4.90 Å². The van der Waals surface area contributed by atoms with Gasteiger partial charge in [0.25, 0.3) is 0 Å². The summed E-state index contributed by atoms with van der Waals surface area (Å²) in [6, 6.07) is -0.624. The van der Waals surface area contributed by atoms with E-state index in [1.54, 1.807) is 0 Å². The Labute approximate surface area is 89.2 Å². The van der Waals surface area contributed by atoms with E-state index >= 15 is 0 Å². The van der Waals surface area contributed by atoms with E-state index in [0.29, 0.717) is 13.0 Å². The number of carboxylic acids is 1. The van der Waals surface area contributed by atoms with Crippen molar-refractivity contribution in [2.24, 2.45) is 11.5 Å². The fraction of sp³-hybridized carbons (Fsp3) is 0.778. The molecule has 0 aromatic carbocycles. The van der Waals surface area contributed by atoms with E-state index in [-0.39, 0.29) is 12.5 Å². The van der Waals surface area contributed by atoms with Gasteiger partial charge in [-0.3, -0.25) is 9.59 Å². The van der Waals surface area contributed by atoms with Gasteiger partial charge in [0.1, 0.15) is 6.54 Å². The van der Waals surface area contributed by atoms with Crippen LogP contribution in [0.1, 0.15) is 19.3 Å². The summed E-state index contributed by atoms with van der Waals surface area (Å²) in [5, 5.41) is 8.48. The fourth-order valence-electron chi connectivity index (χ4n) is 1.20. The first-order valence-electron chi connectivity index (χ1n) is 4.91. The Kier molecular flexibility index (Phi) is 6.64. The number of nitrogens with zero attached hydrogens (tertiary/aromatic N) is 1. The van der Waals surface area contributed by atoms with Crippen LogP contribution in [-0.2, 0) is 9.59 Å². The van der Waals surface area contributed by atoms with E-state index in [1.807, 2.05) is 0 Å². The highest BCUT2D eigenvalue weighted by molar-refractivity contribution is 5.84. The molecule has 0 aliphatic rings. The van der Waals surface area contributed by atoms with Gasteiger partial charge in [-0.05, 0) is 19.4 Å². The van der Waals surface area contributed by atoms with Crippen molar-refractivity contribution >= 4 is 11.9 Å². The van der Waals surface area contributed by atoms with Crippen molar-refractivity contribution in [2.45, 2.75) is 25.3 Å². The Morgan fingerprint density at radius 2 is 2.00 bits per heavy atom. The Morgan fingerprint density at radius 3 is 2.47 bits per heavy atom. The van der Waals surface area contributed by atoms with Crippen LogP contribution in [0.5, 0.6) is 0 Å². The summed E-state index contributed by atoms with van der Waals surface area (Å²) >= 11 is 0. The average molecular weight is 217 g/mol. The third kappa shape index (κ3) is 6.03. The zero-order chi connectivity index (χ0) is 11.8. The van der Waals surface area contributed by atoms with Crippen molar-refractivity contribution in [3.63, 3.8) is 0 Å². The van der Waals surface area contributed by atoms with Gasteiger partial charge in [-0.25, -0.2) is 0 Å². The number of hydrogen-bond acceptors (Lipinski definition) is 4. The van der Waals surface area contributed by atoms with Gasteiger partial charge < -0.3 is 21.5 Å². The Balaban J connectivity index is 3.90. The Morgan fingerprint density at radius 1 is 1.40 bits per heavy atom. The van der Waals surface area contributed by atoms with Crippen LogP contribution in [0.25, 0.3) is 0 Å². The second kappa shape index (κ2) is 7.19. The van der Waals surface area contributed by atoms with Crippen molar-refractivity contribution in [2.75, 3.05) is 20.1 Å². The van der Waals surface area contributed by atoms with Crippen LogP contribution in [0.15, 0.2) is 0 Å². The molecule has 0 saturated carbocycles. The molecule has 6 nitrogen and oxygen atoms in total. The van der Waals surface area contributed by atoms with E-state index in [9.17, 15) is 9.59 Å². The number of hydrogen-bond donors (Lipinski definition) is 3.